The first-order valence-corrected chi connectivity index (χ1v) is 5.77. The van der Waals surface area contributed by atoms with Crippen LogP contribution in [0.3, 0.4) is 0 Å². The van der Waals surface area contributed by atoms with Crippen molar-refractivity contribution in [3.8, 4) is 0 Å². The minimum absolute atomic E-state index is 0.113. The van der Waals surface area contributed by atoms with Crippen LogP contribution in [-0.4, -0.2) is 18.8 Å². The Hall–Kier alpha value is -0.250. The summed E-state index contributed by atoms with van der Waals surface area (Å²) in [5, 5.41) is 3.04. The topological polar surface area (TPSA) is 12.0 Å². The Balaban J connectivity index is 2.65. The van der Waals surface area contributed by atoms with Gasteiger partial charge in [0.05, 0.1) is 5.92 Å². The fourth-order valence-corrected chi connectivity index (χ4v) is 2.51. The lowest BCUT2D eigenvalue weighted by molar-refractivity contribution is -0.192. The van der Waals surface area contributed by atoms with Crippen LogP contribution in [0.1, 0.15) is 39.5 Å². The molecule has 0 amide bonds. The number of nitrogens with one attached hydrogen (secondary N) is 1. The molecule has 0 aliphatic carbocycles. The van der Waals surface area contributed by atoms with Gasteiger partial charge in [0.15, 0.2) is 0 Å². The molecule has 1 fully saturated rings. The van der Waals surface area contributed by atoms with Crippen LogP contribution >= 0.6 is 0 Å². The Bertz CT molecular complexity index is 191. The van der Waals surface area contributed by atoms with E-state index in [-0.39, 0.29) is 18.4 Å². The summed E-state index contributed by atoms with van der Waals surface area (Å²) in [4.78, 5) is 0. The molecule has 0 aromatic heterocycles. The van der Waals surface area contributed by atoms with Crippen molar-refractivity contribution in [2.24, 2.45) is 11.8 Å². The van der Waals surface area contributed by atoms with Crippen molar-refractivity contribution in [1.29, 1.82) is 0 Å². The van der Waals surface area contributed by atoms with Gasteiger partial charge in [-0.05, 0) is 31.7 Å². The summed E-state index contributed by atoms with van der Waals surface area (Å²) in [7, 11) is 0. The monoisotopic (exact) mass is 223 g/mol. The second kappa shape index (κ2) is 5.19. The Labute approximate surface area is 89.4 Å². The lowest BCUT2D eigenvalue weighted by Gasteiger charge is -2.37. The summed E-state index contributed by atoms with van der Waals surface area (Å²) in [6.07, 6.45) is -1.30. The van der Waals surface area contributed by atoms with Gasteiger partial charge in [0.2, 0.25) is 0 Å². The number of hydrogen-bond acceptors (Lipinski definition) is 1. The highest BCUT2D eigenvalue weighted by Crippen LogP contribution is 2.37. The Morgan fingerprint density at radius 2 is 2.07 bits per heavy atom. The molecule has 1 heterocycles. The molecule has 1 aliphatic rings. The van der Waals surface area contributed by atoms with Gasteiger partial charge in [-0.25, -0.2) is 0 Å². The van der Waals surface area contributed by atoms with E-state index in [0.717, 1.165) is 19.4 Å². The normalized spacial score (nSPS) is 30.2. The summed E-state index contributed by atoms with van der Waals surface area (Å²) in [6.45, 7) is 4.67. The predicted molar refractivity (Wildman–Crippen MR) is 54.6 cm³/mol. The minimum atomic E-state index is -4.04. The largest absolute Gasteiger partial charge is 0.393 e. The lowest BCUT2D eigenvalue weighted by atomic mass is 9.81. The summed E-state index contributed by atoms with van der Waals surface area (Å²) in [5.41, 5.74) is 0. The van der Waals surface area contributed by atoms with Crippen LogP contribution in [0.15, 0.2) is 0 Å². The van der Waals surface area contributed by atoms with Crippen molar-refractivity contribution in [3.05, 3.63) is 0 Å². The van der Waals surface area contributed by atoms with Crippen LogP contribution in [0.25, 0.3) is 0 Å². The predicted octanol–water partition coefficient (Wildman–Crippen LogP) is 3.35. The van der Waals surface area contributed by atoms with E-state index in [0.29, 0.717) is 6.42 Å². The SMILES string of the molecule is CCCC(C)C1NCCCC1C(F)(F)F. The van der Waals surface area contributed by atoms with E-state index in [9.17, 15) is 13.2 Å². The number of halogens is 3. The number of hydrogen-bond donors (Lipinski definition) is 1. The Kier molecular flexibility index (Phi) is 4.44. The molecule has 0 radical (unpaired) electrons. The summed E-state index contributed by atoms with van der Waals surface area (Å²) in [6, 6.07) is -0.376. The van der Waals surface area contributed by atoms with Gasteiger partial charge in [0.1, 0.15) is 0 Å². The molecule has 1 saturated heterocycles. The van der Waals surface area contributed by atoms with Gasteiger partial charge in [-0.1, -0.05) is 20.3 Å². The van der Waals surface area contributed by atoms with Crippen LogP contribution in [0, 0.1) is 11.8 Å². The van der Waals surface area contributed by atoms with Gasteiger partial charge in [0, 0.05) is 6.04 Å². The van der Waals surface area contributed by atoms with Crippen LogP contribution in [0.4, 0.5) is 13.2 Å². The zero-order valence-corrected chi connectivity index (χ0v) is 9.40. The van der Waals surface area contributed by atoms with Crippen molar-refractivity contribution in [3.63, 3.8) is 0 Å². The first-order valence-electron chi connectivity index (χ1n) is 5.77. The lowest BCUT2D eigenvalue weighted by Crippen LogP contribution is -2.50. The highest BCUT2D eigenvalue weighted by molar-refractivity contribution is 4.88. The van der Waals surface area contributed by atoms with Gasteiger partial charge in [-0.3, -0.25) is 0 Å². The molecule has 1 N–H and O–H groups in total. The zero-order valence-electron chi connectivity index (χ0n) is 9.40. The fraction of sp³-hybridized carbons (Fsp3) is 1.00. The molecule has 3 atom stereocenters. The third kappa shape index (κ3) is 3.37. The summed E-state index contributed by atoms with van der Waals surface area (Å²) >= 11 is 0. The standard InChI is InChI=1S/C11H20F3N/c1-3-5-8(2)10-9(11(12,13)14)6-4-7-15-10/h8-10,15H,3-7H2,1-2H3. The molecule has 0 aromatic rings. The number of alkyl halides is 3. The Morgan fingerprint density at radius 1 is 1.40 bits per heavy atom. The smallest absolute Gasteiger partial charge is 0.313 e. The van der Waals surface area contributed by atoms with Crippen molar-refractivity contribution in [2.75, 3.05) is 6.54 Å². The quantitative estimate of drug-likeness (QED) is 0.773. The van der Waals surface area contributed by atoms with Gasteiger partial charge in [0.25, 0.3) is 0 Å². The molecule has 1 nitrogen and oxygen atoms in total. The first-order chi connectivity index (χ1) is 6.96. The molecule has 90 valence electrons. The van der Waals surface area contributed by atoms with Crippen molar-refractivity contribution in [2.45, 2.75) is 51.7 Å². The van der Waals surface area contributed by atoms with E-state index >= 15 is 0 Å². The van der Waals surface area contributed by atoms with Crippen molar-refractivity contribution in [1.82, 2.24) is 5.32 Å². The van der Waals surface area contributed by atoms with Crippen LogP contribution in [0.5, 0.6) is 0 Å². The maximum absolute atomic E-state index is 12.8. The van der Waals surface area contributed by atoms with Crippen molar-refractivity contribution < 1.29 is 13.2 Å². The molecule has 4 heteroatoms. The van der Waals surface area contributed by atoms with Crippen LogP contribution in [-0.2, 0) is 0 Å². The molecule has 15 heavy (non-hydrogen) atoms. The number of piperidine rings is 1. The van der Waals surface area contributed by atoms with Gasteiger partial charge < -0.3 is 5.32 Å². The van der Waals surface area contributed by atoms with Gasteiger partial charge in [-0.15, -0.1) is 0 Å². The molecular formula is C11H20F3N. The van der Waals surface area contributed by atoms with Crippen molar-refractivity contribution >= 4 is 0 Å². The molecule has 0 spiro atoms. The summed E-state index contributed by atoms with van der Waals surface area (Å²) < 4.78 is 38.3. The van der Waals surface area contributed by atoms with E-state index in [1.54, 1.807) is 0 Å². The van der Waals surface area contributed by atoms with E-state index in [1.807, 2.05) is 13.8 Å². The maximum atomic E-state index is 12.8. The van der Waals surface area contributed by atoms with Crippen LogP contribution < -0.4 is 5.32 Å². The number of rotatable bonds is 3. The highest BCUT2D eigenvalue weighted by Gasteiger charge is 2.46. The van der Waals surface area contributed by atoms with E-state index in [4.69, 9.17) is 0 Å². The zero-order chi connectivity index (χ0) is 11.5. The molecule has 1 aliphatic heterocycles. The van der Waals surface area contributed by atoms with Crippen LogP contribution in [0.2, 0.25) is 0 Å². The average Bonchev–Trinajstić information content (AvgIpc) is 2.17. The van der Waals surface area contributed by atoms with Gasteiger partial charge in [-0.2, -0.15) is 13.2 Å². The molecular weight excluding hydrogens is 203 g/mol. The Morgan fingerprint density at radius 3 is 2.60 bits per heavy atom. The van der Waals surface area contributed by atoms with Gasteiger partial charge >= 0.3 is 6.18 Å². The minimum Gasteiger partial charge on any atom is -0.313 e. The summed E-state index contributed by atoms with van der Waals surface area (Å²) in [5.74, 6) is -1.03. The second-order valence-electron chi connectivity index (χ2n) is 4.54. The molecule has 1 rings (SSSR count). The highest BCUT2D eigenvalue weighted by atomic mass is 19.4. The van der Waals surface area contributed by atoms with E-state index < -0.39 is 12.1 Å². The fourth-order valence-electron chi connectivity index (χ4n) is 2.51. The molecule has 0 bridgehead atoms. The first kappa shape index (κ1) is 12.8. The molecule has 3 unspecified atom stereocenters. The van der Waals surface area contributed by atoms with E-state index in [1.165, 1.54) is 0 Å². The maximum Gasteiger partial charge on any atom is 0.393 e. The second-order valence-corrected chi connectivity index (χ2v) is 4.54. The average molecular weight is 223 g/mol. The van der Waals surface area contributed by atoms with E-state index in [2.05, 4.69) is 5.32 Å². The molecule has 0 aromatic carbocycles. The molecule has 0 saturated carbocycles. The third-order valence-electron chi connectivity index (χ3n) is 3.28. The third-order valence-corrected chi connectivity index (χ3v) is 3.28.